The van der Waals surface area contributed by atoms with Crippen molar-refractivity contribution in [1.29, 1.82) is 0 Å². The molecule has 1 saturated carbocycles. The average molecular weight is 422 g/mol. The Morgan fingerprint density at radius 1 is 1.29 bits per heavy atom. The second-order valence-electron chi connectivity index (χ2n) is 6.70. The molecule has 2 aromatic rings. The van der Waals surface area contributed by atoms with Crippen LogP contribution in [0.3, 0.4) is 0 Å². The van der Waals surface area contributed by atoms with Gasteiger partial charge in [0, 0.05) is 18.2 Å². The number of urea groups is 1. The van der Waals surface area contributed by atoms with Crippen LogP contribution in [0.1, 0.15) is 45.6 Å². The van der Waals surface area contributed by atoms with Crippen LogP contribution >= 0.6 is 23.4 Å². The number of amides is 3. The molecular formula is C19H24ClN5O2S. The quantitative estimate of drug-likeness (QED) is 0.687. The second-order valence-corrected chi connectivity index (χ2v) is 8.42. The van der Waals surface area contributed by atoms with Crippen molar-refractivity contribution in [2.45, 2.75) is 56.0 Å². The molecule has 1 aromatic carbocycles. The molecule has 150 valence electrons. The van der Waals surface area contributed by atoms with Gasteiger partial charge in [-0.3, -0.25) is 14.7 Å². The van der Waals surface area contributed by atoms with Gasteiger partial charge < -0.3 is 5.32 Å². The van der Waals surface area contributed by atoms with Gasteiger partial charge in [-0.25, -0.2) is 4.79 Å². The lowest BCUT2D eigenvalue weighted by molar-refractivity contribution is -0.119. The Morgan fingerprint density at radius 3 is 2.68 bits per heavy atom. The topological polar surface area (TPSA) is 88.9 Å². The molecule has 9 heteroatoms. The molecule has 1 unspecified atom stereocenters. The standard InChI is InChI=1S/C19H24ClN5O2S/c1-3-21-18(27)22-17(26)12(2)28-19-24-23-16(14-10-6-7-11-15(14)20)25(19)13-8-4-5-9-13/h6-7,10-13H,3-5,8-9H2,1-2H3,(H2,21,22,26,27). The smallest absolute Gasteiger partial charge is 0.321 e. The number of thioether (sulfide) groups is 1. The summed E-state index contributed by atoms with van der Waals surface area (Å²) < 4.78 is 2.11. The van der Waals surface area contributed by atoms with E-state index in [1.807, 2.05) is 24.3 Å². The molecule has 0 bridgehead atoms. The molecule has 0 aliphatic heterocycles. The largest absolute Gasteiger partial charge is 0.338 e. The van der Waals surface area contributed by atoms with Crippen LogP contribution in [0.5, 0.6) is 0 Å². The predicted octanol–water partition coefficient (Wildman–Crippen LogP) is 4.04. The van der Waals surface area contributed by atoms with E-state index in [1.54, 1.807) is 13.8 Å². The highest BCUT2D eigenvalue weighted by Crippen LogP contribution is 2.38. The first-order valence-corrected chi connectivity index (χ1v) is 10.7. The summed E-state index contributed by atoms with van der Waals surface area (Å²) in [5.74, 6) is 0.354. The maximum atomic E-state index is 12.3. The number of nitrogens with one attached hydrogen (secondary N) is 2. The van der Waals surface area contributed by atoms with Gasteiger partial charge in [-0.2, -0.15) is 0 Å². The van der Waals surface area contributed by atoms with Crippen molar-refractivity contribution < 1.29 is 9.59 Å². The molecule has 1 aromatic heterocycles. The van der Waals surface area contributed by atoms with Crippen LogP contribution in [0, 0.1) is 0 Å². The third-order valence-electron chi connectivity index (χ3n) is 4.69. The summed E-state index contributed by atoms with van der Waals surface area (Å²) >= 11 is 7.69. The number of imide groups is 1. The number of aromatic nitrogens is 3. The maximum absolute atomic E-state index is 12.3. The minimum Gasteiger partial charge on any atom is -0.338 e. The van der Waals surface area contributed by atoms with Crippen LogP contribution in [-0.4, -0.2) is 38.5 Å². The average Bonchev–Trinajstić information content (AvgIpc) is 3.31. The van der Waals surface area contributed by atoms with Gasteiger partial charge >= 0.3 is 6.03 Å². The van der Waals surface area contributed by atoms with Crippen molar-refractivity contribution in [2.24, 2.45) is 0 Å². The highest BCUT2D eigenvalue weighted by Gasteiger charge is 2.28. The monoisotopic (exact) mass is 421 g/mol. The third kappa shape index (κ3) is 4.67. The number of carbonyl (C=O) groups is 2. The summed E-state index contributed by atoms with van der Waals surface area (Å²) in [4.78, 5) is 23.9. The molecule has 28 heavy (non-hydrogen) atoms. The first-order chi connectivity index (χ1) is 13.5. The zero-order chi connectivity index (χ0) is 20.1. The van der Waals surface area contributed by atoms with Gasteiger partial charge in [0.05, 0.1) is 10.3 Å². The van der Waals surface area contributed by atoms with Crippen molar-refractivity contribution >= 4 is 35.3 Å². The molecule has 1 aliphatic carbocycles. The van der Waals surface area contributed by atoms with Crippen LogP contribution in [0.15, 0.2) is 29.4 Å². The van der Waals surface area contributed by atoms with E-state index in [1.165, 1.54) is 11.8 Å². The molecule has 0 spiro atoms. The van der Waals surface area contributed by atoms with Crippen molar-refractivity contribution in [1.82, 2.24) is 25.4 Å². The van der Waals surface area contributed by atoms with Crippen LogP contribution in [-0.2, 0) is 4.79 Å². The summed E-state index contributed by atoms with van der Waals surface area (Å²) in [6.45, 7) is 4.00. The fourth-order valence-electron chi connectivity index (χ4n) is 3.31. The first-order valence-electron chi connectivity index (χ1n) is 9.46. The summed E-state index contributed by atoms with van der Waals surface area (Å²) in [5, 5.41) is 14.4. The Hall–Kier alpha value is -2.06. The number of rotatable bonds is 6. The first kappa shape index (κ1) is 20.7. The summed E-state index contributed by atoms with van der Waals surface area (Å²) in [7, 11) is 0. The zero-order valence-corrected chi connectivity index (χ0v) is 17.5. The van der Waals surface area contributed by atoms with Gasteiger partial charge in [0.15, 0.2) is 11.0 Å². The summed E-state index contributed by atoms with van der Waals surface area (Å²) in [6.07, 6.45) is 4.40. The molecule has 1 aliphatic rings. The molecule has 3 amide bonds. The Morgan fingerprint density at radius 2 is 2.00 bits per heavy atom. The molecule has 0 saturated heterocycles. The highest BCUT2D eigenvalue weighted by molar-refractivity contribution is 8.00. The van der Waals surface area contributed by atoms with Gasteiger partial charge in [-0.05, 0) is 38.8 Å². The van der Waals surface area contributed by atoms with Gasteiger partial charge in [0.1, 0.15) is 0 Å². The van der Waals surface area contributed by atoms with Gasteiger partial charge in [0.25, 0.3) is 0 Å². The number of carbonyl (C=O) groups excluding carboxylic acids is 2. The molecular weight excluding hydrogens is 398 g/mol. The van der Waals surface area contributed by atoms with E-state index in [2.05, 4.69) is 25.4 Å². The zero-order valence-electron chi connectivity index (χ0n) is 15.9. The lowest BCUT2D eigenvalue weighted by atomic mass is 10.2. The van der Waals surface area contributed by atoms with Crippen molar-refractivity contribution in [3.05, 3.63) is 29.3 Å². The minimum absolute atomic E-state index is 0.280. The van der Waals surface area contributed by atoms with Crippen LogP contribution in [0.4, 0.5) is 4.79 Å². The maximum Gasteiger partial charge on any atom is 0.321 e. The van der Waals surface area contributed by atoms with E-state index in [9.17, 15) is 9.59 Å². The third-order valence-corrected chi connectivity index (χ3v) is 6.08. The van der Waals surface area contributed by atoms with Gasteiger partial charge in [0.2, 0.25) is 5.91 Å². The number of hydrogen-bond donors (Lipinski definition) is 2. The lowest BCUT2D eigenvalue weighted by Gasteiger charge is -2.18. The molecule has 0 radical (unpaired) electrons. The van der Waals surface area contributed by atoms with Crippen molar-refractivity contribution in [3.8, 4) is 11.4 Å². The highest BCUT2D eigenvalue weighted by atomic mass is 35.5. The number of benzene rings is 1. The van der Waals surface area contributed by atoms with Crippen LogP contribution in [0.2, 0.25) is 5.02 Å². The van der Waals surface area contributed by atoms with E-state index in [0.717, 1.165) is 37.1 Å². The second kappa shape index (κ2) is 9.43. The van der Waals surface area contributed by atoms with E-state index < -0.39 is 11.3 Å². The van der Waals surface area contributed by atoms with Crippen LogP contribution in [0.25, 0.3) is 11.4 Å². The molecule has 3 rings (SSSR count). The Labute approximate surface area is 173 Å². The molecule has 1 atom stereocenters. The fraction of sp³-hybridized carbons (Fsp3) is 0.474. The minimum atomic E-state index is -0.494. The number of hydrogen-bond acceptors (Lipinski definition) is 5. The normalized spacial score (nSPS) is 15.4. The Kier molecular flexibility index (Phi) is 6.96. The number of nitrogens with zero attached hydrogens (tertiary/aromatic N) is 3. The predicted molar refractivity (Wildman–Crippen MR) is 111 cm³/mol. The Balaban J connectivity index is 1.86. The van der Waals surface area contributed by atoms with Gasteiger partial charge in [-0.1, -0.05) is 48.3 Å². The van der Waals surface area contributed by atoms with Crippen molar-refractivity contribution in [3.63, 3.8) is 0 Å². The van der Waals surface area contributed by atoms with Crippen molar-refractivity contribution in [2.75, 3.05) is 6.54 Å². The summed E-state index contributed by atoms with van der Waals surface area (Å²) in [6, 6.07) is 7.35. The molecule has 1 heterocycles. The van der Waals surface area contributed by atoms with Gasteiger partial charge in [-0.15, -0.1) is 10.2 Å². The number of halogens is 1. The Bertz CT molecular complexity index is 851. The van der Waals surface area contributed by atoms with Crippen LogP contribution < -0.4 is 10.6 Å². The van der Waals surface area contributed by atoms with E-state index >= 15 is 0 Å². The van der Waals surface area contributed by atoms with E-state index in [-0.39, 0.29) is 11.9 Å². The van der Waals surface area contributed by atoms with E-state index in [4.69, 9.17) is 11.6 Å². The van der Waals surface area contributed by atoms with E-state index in [0.29, 0.717) is 16.7 Å². The SMILES string of the molecule is CCNC(=O)NC(=O)C(C)Sc1nnc(-c2ccccc2Cl)n1C1CCCC1. The summed E-state index contributed by atoms with van der Waals surface area (Å²) in [5.41, 5.74) is 0.829. The molecule has 7 nitrogen and oxygen atoms in total. The fourth-order valence-corrected chi connectivity index (χ4v) is 4.44. The molecule has 2 N–H and O–H groups in total. The lowest BCUT2D eigenvalue weighted by Crippen LogP contribution is -2.42. The molecule has 1 fully saturated rings.